The number of hydrogen-bond acceptors (Lipinski definition) is 4. The van der Waals surface area contributed by atoms with Crippen molar-refractivity contribution in [2.45, 2.75) is 12.6 Å². The molecular formula is C23H24N2O2. The van der Waals surface area contributed by atoms with Crippen LogP contribution in [0.15, 0.2) is 66.7 Å². The number of ether oxygens (including phenoxy) is 1. The van der Waals surface area contributed by atoms with Crippen LogP contribution in [0, 0.1) is 0 Å². The highest BCUT2D eigenvalue weighted by molar-refractivity contribution is 6.03. The van der Waals surface area contributed by atoms with Crippen molar-refractivity contribution >= 4 is 16.6 Å². The Morgan fingerprint density at radius 3 is 2.67 bits per heavy atom. The lowest BCUT2D eigenvalue weighted by atomic mass is 9.97. The number of methoxy groups -OCH3 is 1. The molecule has 1 saturated heterocycles. The first-order valence-electron chi connectivity index (χ1n) is 9.35. The Balaban J connectivity index is 1.58. The second kappa shape index (κ2) is 7.91. The summed E-state index contributed by atoms with van der Waals surface area (Å²) in [6.07, 6.45) is 0. The topological polar surface area (TPSA) is 41.6 Å². The first kappa shape index (κ1) is 17.7. The third kappa shape index (κ3) is 3.87. The second-order valence-electron chi connectivity index (χ2n) is 6.97. The maximum absolute atomic E-state index is 13.3. The van der Waals surface area contributed by atoms with E-state index < -0.39 is 0 Å². The molecule has 0 saturated carbocycles. The van der Waals surface area contributed by atoms with E-state index in [2.05, 4.69) is 22.3 Å². The van der Waals surface area contributed by atoms with Crippen molar-refractivity contribution in [2.75, 3.05) is 26.7 Å². The van der Waals surface area contributed by atoms with Crippen LogP contribution in [-0.4, -0.2) is 43.5 Å². The molecule has 1 aliphatic rings. The van der Waals surface area contributed by atoms with Crippen molar-refractivity contribution in [3.63, 3.8) is 0 Å². The third-order valence-corrected chi connectivity index (χ3v) is 5.22. The minimum atomic E-state index is -0.144. The molecule has 0 bridgehead atoms. The molecule has 0 aromatic heterocycles. The molecule has 3 aromatic rings. The largest absolute Gasteiger partial charge is 0.497 e. The highest BCUT2D eigenvalue weighted by Crippen LogP contribution is 2.23. The molecule has 4 nitrogen and oxygen atoms in total. The van der Waals surface area contributed by atoms with Crippen molar-refractivity contribution in [1.82, 2.24) is 10.2 Å². The Kier molecular flexibility index (Phi) is 5.19. The zero-order valence-corrected chi connectivity index (χ0v) is 15.5. The van der Waals surface area contributed by atoms with Gasteiger partial charge in [-0.25, -0.2) is 0 Å². The predicted octanol–water partition coefficient (Wildman–Crippen LogP) is 3.51. The van der Waals surface area contributed by atoms with Gasteiger partial charge in [-0.15, -0.1) is 0 Å². The standard InChI is InChI=1S/C23H24N2O2/c1-27-21-10-9-18-13-20(8-7-19(18)14-21)23(26)22-15-24-11-12-25(22)16-17-5-3-2-4-6-17/h2-10,13-14,22,24H,11-12,15-16H2,1H3. The van der Waals surface area contributed by atoms with Crippen LogP contribution in [0.25, 0.3) is 10.8 Å². The highest BCUT2D eigenvalue weighted by atomic mass is 16.5. The smallest absolute Gasteiger partial charge is 0.181 e. The first-order valence-corrected chi connectivity index (χ1v) is 9.35. The van der Waals surface area contributed by atoms with Gasteiger partial charge in [-0.1, -0.05) is 48.5 Å². The van der Waals surface area contributed by atoms with Gasteiger partial charge >= 0.3 is 0 Å². The summed E-state index contributed by atoms with van der Waals surface area (Å²) in [5.74, 6) is 1.00. The Morgan fingerprint density at radius 2 is 1.85 bits per heavy atom. The van der Waals surface area contributed by atoms with E-state index in [1.807, 2.05) is 54.6 Å². The Hall–Kier alpha value is -2.69. The summed E-state index contributed by atoms with van der Waals surface area (Å²) in [6, 6.07) is 22.1. The van der Waals surface area contributed by atoms with Crippen LogP contribution in [0.1, 0.15) is 15.9 Å². The van der Waals surface area contributed by atoms with Gasteiger partial charge in [-0.05, 0) is 34.5 Å². The molecule has 4 heteroatoms. The van der Waals surface area contributed by atoms with Crippen molar-refractivity contribution in [1.29, 1.82) is 0 Å². The number of fused-ring (bicyclic) bond motifs is 1. The number of ketones is 1. The molecule has 1 N–H and O–H groups in total. The summed E-state index contributed by atoms with van der Waals surface area (Å²) >= 11 is 0. The van der Waals surface area contributed by atoms with Crippen LogP contribution in [0.2, 0.25) is 0 Å². The van der Waals surface area contributed by atoms with E-state index in [0.29, 0.717) is 6.54 Å². The molecule has 0 amide bonds. The second-order valence-corrected chi connectivity index (χ2v) is 6.97. The van der Waals surface area contributed by atoms with E-state index in [1.165, 1.54) is 5.56 Å². The maximum atomic E-state index is 13.3. The molecule has 4 rings (SSSR count). The Morgan fingerprint density at radius 1 is 1.07 bits per heavy atom. The summed E-state index contributed by atoms with van der Waals surface area (Å²) < 4.78 is 5.28. The third-order valence-electron chi connectivity index (χ3n) is 5.22. The molecule has 0 aliphatic carbocycles. The zero-order chi connectivity index (χ0) is 18.6. The van der Waals surface area contributed by atoms with Gasteiger partial charge < -0.3 is 10.1 Å². The average Bonchev–Trinajstić information content (AvgIpc) is 2.73. The van der Waals surface area contributed by atoms with E-state index in [-0.39, 0.29) is 11.8 Å². The van der Waals surface area contributed by atoms with Gasteiger partial charge in [0.05, 0.1) is 13.2 Å². The van der Waals surface area contributed by atoms with Crippen molar-refractivity contribution in [3.05, 3.63) is 77.9 Å². The van der Waals surface area contributed by atoms with Gasteiger partial charge in [0.25, 0.3) is 0 Å². The fourth-order valence-electron chi connectivity index (χ4n) is 3.71. The van der Waals surface area contributed by atoms with Crippen LogP contribution in [0.5, 0.6) is 5.75 Å². The predicted molar refractivity (Wildman–Crippen MR) is 108 cm³/mol. The van der Waals surface area contributed by atoms with Gasteiger partial charge in [-0.3, -0.25) is 9.69 Å². The van der Waals surface area contributed by atoms with Gasteiger partial charge in [0.2, 0.25) is 0 Å². The Bertz CT molecular complexity index is 940. The van der Waals surface area contributed by atoms with Crippen LogP contribution >= 0.6 is 0 Å². The average molecular weight is 360 g/mol. The fraction of sp³-hybridized carbons (Fsp3) is 0.261. The number of nitrogens with zero attached hydrogens (tertiary/aromatic N) is 1. The highest BCUT2D eigenvalue weighted by Gasteiger charge is 2.29. The quantitative estimate of drug-likeness (QED) is 0.707. The number of carbonyl (C=O) groups is 1. The minimum absolute atomic E-state index is 0.144. The maximum Gasteiger partial charge on any atom is 0.181 e. The molecule has 1 fully saturated rings. The summed E-state index contributed by atoms with van der Waals surface area (Å²) in [7, 11) is 1.66. The molecule has 27 heavy (non-hydrogen) atoms. The number of benzene rings is 3. The molecular weight excluding hydrogens is 336 g/mol. The van der Waals surface area contributed by atoms with E-state index >= 15 is 0 Å². The van der Waals surface area contributed by atoms with Crippen molar-refractivity contribution in [2.24, 2.45) is 0 Å². The molecule has 138 valence electrons. The van der Waals surface area contributed by atoms with Gasteiger partial charge in [0.15, 0.2) is 5.78 Å². The minimum Gasteiger partial charge on any atom is -0.497 e. The Labute approximate surface area is 159 Å². The number of carbonyl (C=O) groups excluding carboxylic acids is 1. The monoisotopic (exact) mass is 360 g/mol. The summed E-state index contributed by atoms with van der Waals surface area (Å²) in [6.45, 7) is 3.26. The lowest BCUT2D eigenvalue weighted by Crippen LogP contribution is -2.54. The van der Waals surface area contributed by atoms with Crippen LogP contribution in [0.3, 0.4) is 0 Å². The summed E-state index contributed by atoms with van der Waals surface area (Å²) in [5, 5.41) is 5.51. The fourth-order valence-corrected chi connectivity index (χ4v) is 3.71. The van der Waals surface area contributed by atoms with Gasteiger partial charge in [0.1, 0.15) is 5.75 Å². The molecule has 1 aliphatic heterocycles. The number of nitrogens with one attached hydrogen (secondary N) is 1. The number of piperazine rings is 1. The van der Waals surface area contributed by atoms with E-state index in [1.54, 1.807) is 7.11 Å². The molecule has 1 atom stereocenters. The lowest BCUT2D eigenvalue weighted by Gasteiger charge is -2.35. The molecule has 0 spiro atoms. The normalized spacial score (nSPS) is 17.7. The molecule has 0 radical (unpaired) electrons. The van der Waals surface area contributed by atoms with Gasteiger partial charge in [0, 0.05) is 31.7 Å². The molecule has 1 unspecified atom stereocenters. The van der Waals surface area contributed by atoms with E-state index in [0.717, 1.165) is 41.7 Å². The zero-order valence-electron chi connectivity index (χ0n) is 15.5. The summed E-state index contributed by atoms with van der Waals surface area (Å²) in [4.78, 5) is 15.5. The molecule has 3 aromatic carbocycles. The first-order chi connectivity index (χ1) is 13.2. The van der Waals surface area contributed by atoms with E-state index in [9.17, 15) is 4.79 Å². The van der Waals surface area contributed by atoms with Gasteiger partial charge in [-0.2, -0.15) is 0 Å². The SMILES string of the molecule is COc1ccc2cc(C(=O)C3CNCCN3Cc3ccccc3)ccc2c1. The van der Waals surface area contributed by atoms with Crippen LogP contribution in [0.4, 0.5) is 0 Å². The van der Waals surface area contributed by atoms with Crippen molar-refractivity contribution in [3.8, 4) is 5.75 Å². The van der Waals surface area contributed by atoms with Crippen LogP contribution < -0.4 is 10.1 Å². The number of rotatable bonds is 5. The van der Waals surface area contributed by atoms with E-state index in [4.69, 9.17) is 4.74 Å². The van der Waals surface area contributed by atoms with Crippen LogP contribution in [-0.2, 0) is 6.54 Å². The number of Topliss-reactive ketones (excluding diaryl/α,β-unsaturated/α-hetero) is 1. The lowest BCUT2D eigenvalue weighted by molar-refractivity contribution is 0.0759. The molecule has 1 heterocycles. The number of hydrogen-bond donors (Lipinski definition) is 1. The summed E-state index contributed by atoms with van der Waals surface area (Å²) in [5.41, 5.74) is 2.00. The van der Waals surface area contributed by atoms with Crippen molar-refractivity contribution < 1.29 is 9.53 Å².